The highest BCUT2D eigenvalue weighted by Gasteiger charge is 2.23. The number of nitrogens with two attached hydrogens (primary N) is 1. The molecule has 1 aromatic rings. The Morgan fingerprint density at radius 2 is 2.18 bits per heavy atom. The van der Waals surface area contributed by atoms with E-state index in [0.29, 0.717) is 19.0 Å². The zero-order valence-electron chi connectivity index (χ0n) is 10.8. The quantitative estimate of drug-likeness (QED) is 0.821. The second kappa shape index (κ2) is 6.43. The molecule has 17 heavy (non-hydrogen) atoms. The number of hydrogen-bond acceptors (Lipinski definition) is 4. The second-order valence-electron chi connectivity index (χ2n) is 4.44. The Morgan fingerprint density at radius 1 is 1.47 bits per heavy atom. The molecule has 1 atom stereocenters. The summed E-state index contributed by atoms with van der Waals surface area (Å²) in [4.78, 5) is 2.21. The van der Waals surface area contributed by atoms with Gasteiger partial charge in [-0.3, -0.25) is 4.90 Å². The van der Waals surface area contributed by atoms with Gasteiger partial charge in [-0.1, -0.05) is 0 Å². The van der Waals surface area contributed by atoms with Crippen molar-refractivity contribution in [2.75, 3.05) is 13.1 Å². The number of nitrogens with zero attached hydrogens (tertiary/aromatic N) is 2. The Bertz CT molecular complexity index is 378. The fourth-order valence-corrected chi connectivity index (χ4v) is 2.00. The van der Waals surface area contributed by atoms with Gasteiger partial charge in [0.2, 0.25) is 0 Å². The Kier molecular flexibility index (Phi) is 5.20. The number of hydrogen-bond donors (Lipinski definition) is 1. The number of furan rings is 1. The van der Waals surface area contributed by atoms with Gasteiger partial charge in [0.15, 0.2) is 0 Å². The first-order valence-corrected chi connectivity index (χ1v) is 5.99. The van der Waals surface area contributed by atoms with Crippen molar-refractivity contribution >= 4 is 0 Å². The van der Waals surface area contributed by atoms with Gasteiger partial charge in [0.1, 0.15) is 11.5 Å². The van der Waals surface area contributed by atoms with Crippen molar-refractivity contribution in [3.05, 3.63) is 23.7 Å². The minimum atomic E-state index is 0.0528. The maximum absolute atomic E-state index is 8.69. The first-order chi connectivity index (χ1) is 8.10. The summed E-state index contributed by atoms with van der Waals surface area (Å²) in [7, 11) is 0. The van der Waals surface area contributed by atoms with Crippen LogP contribution in [-0.4, -0.2) is 24.0 Å². The fraction of sp³-hybridized carbons (Fsp3) is 0.615. The summed E-state index contributed by atoms with van der Waals surface area (Å²) >= 11 is 0. The SMILES string of the molecule is Cc1ccc(C(CN)N(CCC#N)C(C)C)o1. The van der Waals surface area contributed by atoms with Gasteiger partial charge in [-0.05, 0) is 32.9 Å². The van der Waals surface area contributed by atoms with Crippen LogP contribution in [-0.2, 0) is 0 Å². The van der Waals surface area contributed by atoms with Crippen LogP contribution in [0.5, 0.6) is 0 Å². The van der Waals surface area contributed by atoms with E-state index in [2.05, 4.69) is 24.8 Å². The zero-order valence-corrected chi connectivity index (χ0v) is 10.8. The lowest BCUT2D eigenvalue weighted by atomic mass is 10.1. The number of nitriles is 1. The molecule has 1 heterocycles. The third-order valence-electron chi connectivity index (χ3n) is 2.86. The molecule has 0 radical (unpaired) electrons. The molecule has 4 nitrogen and oxygen atoms in total. The Balaban J connectivity index is 2.85. The van der Waals surface area contributed by atoms with Gasteiger partial charge in [0.25, 0.3) is 0 Å². The van der Waals surface area contributed by atoms with Crippen molar-refractivity contribution in [2.24, 2.45) is 5.73 Å². The Hall–Kier alpha value is -1.31. The van der Waals surface area contributed by atoms with Gasteiger partial charge in [0.05, 0.1) is 12.1 Å². The molecular formula is C13H21N3O. The van der Waals surface area contributed by atoms with E-state index in [1.165, 1.54) is 0 Å². The van der Waals surface area contributed by atoms with Gasteiger partial charge < -0.3 is 10.2 Å². The van der Waals surface area contributed by atoms with E-state index in [1.54, 1.807) is 0 Å². The molecule has 2 N–H and O–H groups in total. The summed E-state index contributed by atoms with van der Waals surface area (Å²) in [5.41, 5.74) is 5.84. The Morgan fingerprint density at radius 3 is 2.59 bits per heavy atom. The molecule has 0 aromatic carbocycles. The standard InChI is InChI=1S/C13H21N3O/c1-10(2)16(8-4-7-14)12(9-15)13-6-5-11(3)17-13/h5-6,10,12H,4,8-9,15H2,1-3H3. The van der Waals surface area contributed by atoms with Crippen LogP contribution in [0.2, 0.25) is 0 Å². The smallest absolute Gasteiger partial charge is 0.122 e. The van der Waals surface area contributed by atoms with Crippen molar-refractivity contribution in [1.82, 2.24) is 4.90 Å². The van der Waals surface area contributed by atoms with Crippen molar-refractivity contribution in [3.63, 3.8) is 0 Å². The zero-order chi connectivity index (χ0) is 12.8. The average molecular weight is 235 g/mol. The molecule has 1 rings (SSSR count). The summed E-state index contributed by atoms with van der Waals surface area (Å²) in [6, 6.07) is 6.48. The van der Waals surface area contributed by atoms with Gasteiger partial charge in [-0.2, -0.15) is 5.26 Å². The maximum atomic E-state index is 8.69. The minimum absolute atomic E-state index is 0.0528. The highest BCUT2D eigenvalue weighted by Crippen LogP contribution is 2.24. The molecule has 1 aromatic heterocycles. The first kappa shape index (κ1) is 13.8. The van der Waals surface area contributed by atoms with Crippen molar-refractivity contribution < 1.29 is 4.42 Å². The molecule has 94 valence electrons. The molecule has 0 amide bonds. The molecule has 4 heteroatoms. The van der Waals surface area contributed by atoms with Crippen LogP contribution < -0.4 is 5.73 Å². The van der Waals surface area contributed by atoms with E-state index >= 15 is 0 Å². The molecule has 0 saturated heterocycles. The lowest BCUT2D eigenvalue weighted by molar-refractivity contribution is 0.142. The lowest BCUT2D eigenvalue weighted by Gasteiger charge is -2.32. The van der Waals surface area contributed by atoms with Crippen LogP contribution in [0.15, 0.2) is 16.5 Å². The van der Waals surface area contributed by atoms with E-state index in [9.17, 15) is 0 Å². The molecule has 0 fully saturated rings. The predicted octanol–water partition coefficient (Wildman–Crippen LogP) is 2.21. The van der Waals surface area contributed by atoms with Gasteiger partial charge >= 0.3 is 0 Å². The molecule has 1 unspecified atom stereocenters. The molecule has 0 aliphatic heterocycles. The third kappa shape index (κ3) is 3.58. The predicted molar refractivity (Wildman–Crippen MR) is 67.3 cm³/mol. The molecule has 0 bridgehead atoms. The summed E-state index contributed by atoms with van der Waals surface area (Å²) in [6.07, 6.45) is 0.508. The normalized spacial score (nSPS) is 13.0. The lowest BCUT2D eigenvalue weighted by Crippen LogP contribution is -2.39. The summed E-state index contributed by atoms with van der Waals surface area (Å²) in [5, 5.41) is 8.69. The van der Waals surface area contributed by atoms with E-state index in [1.807, 2.05) is 19.1 Å². The maximum Gasteiger partial charge on any atom is 0.122 e. The molecule has 0 aliphatic carbocycles. The number of aryl methyl sites for hydroxylation is 1. The molecule has 0 spiro atoms. The fourth-order valence-electron chi connectivity index (χ4n) is 2.00. The van der Waals surface area contributed by atoms with E-state index in [4.69, 9.17) is 15.4 Å². The van der Waals surface area contributed by atoms with Crippen molar-refractivity contribution in [1.29, 1.82) is 5.26 Å². The van der Waals surface area contributed by atoms with Crippen LogP contribution in [0.4, 0.5) is 0 Å². The van der Waals surface area contributed by atoms with E-state index < -0.39 is 0 Å². The summed E-state index contributed by atoms with van der Waals surface area (Å²) < 4.78 is 5.64. The largest absolute Gasteiger partial charge is 0.465 e. The summed E-state index contributed by atoms with van der Waals surface area (Å²) in [6.45, 7) is 7.35. The molecular weight excluding hydrogens is 214 g/mol. The topological polar surface area (TPSA) is 66.2 Å². The van der Waals surface area contributed by atoms with Gasteiger partial charge in [-0.25, -0.2) is 0 Å². The van der Waals surface area contributed by atoms with Crippen molar-refractivity contribution in [2.45, 2.75) is 39.3 Å². The van der Waals surface area contributed by atoms with Crippen LogP contribution in [0.25, 0.3) is 0 Å². The second-order valence-corrected chi connectivity index (χ2v) is 4.44. The van der Waals surface area contributed by atoms with Crippen LogP contribution in [0.3, 0.4) is 0 Å². The van der Waals surface area contributed by atoms with Gasteiger partial charge in [0, 0.05) is 25.6 Å². The monoisotopic (exact) mass is 235 g/mol. The van der Waals surface area contributed by atoms with Crippen LogP contribution in [0, 0.1) is 18.3 Å². The molecule has 0 aliphatic rings. The van der Waals surface area contributed by atoms with Crippen molar-refractivity contribution in [3.8, 4) is 6.07 Å². The third-order valence-corrected chi connectivity index (χ3v) is 2.86. The number of rotatable bonds is 6. The highest BCUT2D eigenvalue weighted by atomic mass is 16.3. The van der Waals surface area contributed by atoms with Crippen LogP contribution >= 0.6 is 0 Å². The van der Waals surface area contributed by atoms with E-state index in [-0.39, 0.29) is 6.04 Å². The van der Waals surface area contributed by atoms with Gasteiger partial charge in [-0.15, -0.1) is 0 Å². The minimum Gasteiger partial charge on any atom is -0.465 e. The Labute approximate surface area is 103 Å². The highest BCUT2D eigenvalue weighted by molar-refractivity contribution is 5.10. The first-order valence-electron chi connectivity index (χ1n) is 5.99. The molecule has 0 saturated carbocycles. The van der Waals surface area contributed by atoms with Crippen LogP contribution in [0.1, 0.15) is 37.8 Å². The van der Waals surface area contributed by atoms with E-state index in [0.717, 1.165) is 18.1 Å². The average Bonchev–Trinajstić information content (AvgIpc) is 2.70. The summed E-state index contributed by atoms with van der Waals surface area (Å²) in [5.74, 6) is 1.78.